The minimum absolute atomic E-state index is 0.103. The number of non-ortho nitro benzene ring substituents is 1. The Morgan fingerprint density at radius 1 is 1.03 bits per heavy atom. The van der Waals surface area contributed by atoms with E-state index in [9.17, 15) is 14.9 Å². The normalized spacial score (nSPS) is 10.7. The number of Topliss-reactive ketones (excluding diaryl/α,β-unsaturated/α-hetero) is 1. The predicted octanol–water partition coefficient (Wildman–Crippen LogP) is 4.21. The largest absolute Gasteiger partial charge is 0.293 e. The van der Waals surface area contributed by atoms with Gasteiger partial charge in [0.2, 0.25) is 0 Å². The van der Waals surface area contributed by atoms with Crippen LogP contribution in [0.25, 0.3) is 16.9 Å². The first-order valence-corrected chi connectivity index (χ1v) is 9.93. The maximum Gasteiger partial charge on any atom is 0.270 e. The van der Waals surface area contributed by atoms with Gasteiger partial charge in [-0.2, -0.15) is 5.10 Å². The van der Waals surface area contributed by atoms with Crippen molar-refractivity contribution in [1.29, 1.82) is 0 Å². The summed E-state index contributed by atoms with van der Waals surface area (Å²) in [5, 5.41) is 24.1. The van der Waals surface area contributed by atoms with Gasteiger partial charge in [-0.3, -0.25) is 14.9 Å². The van der Waals surface area contributed by atoms with Crippen molar-refractivity contribution in [3.63, 3.8) is 0 Å². The summed E-state index contributed by atoms with van der Waals surface area (Å²) in [5.74, 6) is -0.0860. The summed E-state index contributed by atoms with van der Waals surface area (Å²) in [4.78, 5) is 22.6. The minimum Gasteiger partial charge on any atom is -0.293 e. The number of hydrogen-bond donors (Lipinski definition) is 0. The first-order valence-electron chi connectivity index (χ1n) is 8.95. The number of aromatic nitrogens is 4. The molecule has 0 fully saturated rings. The van der Waals surface area contributed by atoms with Gasteiger partial charge in [-0.1, -0.05) is 36.0 Å². The van der Waals surface area contributed by atoms with Crippen LogP contribution in [-0.4, -0.2) is 36.4 Å². The van der Waals surface area contributed by atoms with Crippen molar-refractivity contribution in [2.24, 2.45) is 0 Å². The molecule has 4 aromatic rings. The van der Waals surface area contributed by atoms with Crippen molar-refractivity contribution in [3.05, 3.63) is 94.8 Å². The highest BCUT2D eigenvalue weighted by Crippen LogP contribution is 2.22. The molecule has 0 saturated heterocycles. The Morgan fingerprint density at radius 3 is 2.53 bits per heavy atom. The molecular weight excluding hydrogens is 402 g/mol. The molecule has 0 aliphatic rings. The number of rotatable bonds is 7. The van der Waals surface area contributed by atoms with Crippen molar-refractivity contribution < 1.29 is 9.72 Å². The number of benzene rings is 2. The number of thioether (sulfide) groups is 1. The molecular formula is C21H15N5O3S. The fraction of sp³-hybridized carbons (Fsp3) is 0.0476. The van der Waals surface area contributed by atoms with Crippen LogP contribution in [-0.2, 0) is 0 Å². The molecule has 0 spiro atoms. The zero-order valence-corrected chi connectivity index (χ0v) is 16.4. The number of hydrogen-bond acceptors (Lipinski definition) is 7. The summed E-state index contributed by atoms with van der Waals surface area (Å²) in [5.41, 5.74) is 2.79. The average molecular weight is 417 g/mol. The van der Waals surface area contributed by atoms with Crippen molar-refractivity contribution in [3.8, 4) is 16.9 Å². The molecule has 2 aromatic heterocycles. The van der Waals surface area contributed by atoms with Gasteiger partial charge in [0.15, 0.2) is 5.78 Å². The van der Waals surface area contributed by atoms with E-state index < -0.39 is 4.92 Å². The van der Waals surface area contributed by atoms with Gasteiger partial charge >= 0.3 is 0 Å². The molecule has 2 heterocycles. The zero-order valence-electron chi connectivity index (χ0n) is 15.6. The fourth-order valence-electron chi connectivity index (χ4n) is 2.77. The summed E-state index contributed by atoms with van der Waals surface area (Å²) in [7, 11) is 0. The molecule has 0 atom stereocenters. The Kier molecular flexibility index (Phi) is 5.62. The lowest BCUT2D eigenvalue weighted by Crippen LogP contribution is -2.03. The Balaban J connectivity index is 1.39. The second-order valence-corrected chi connectivity index (χ2v) is 7.27. The van der Waals surface area contributed by atoms with E-state index in [4.69, 9.17) is 0 Å². The Bertz CT molecular complexity index is 1180. The van der Waals surface area contributed by atoms with E-state index in [1.165, 1.54) is 30.0 Å². The Hall–Kier alpha value is -3.85. The van der Waals surface area contributed by atoms with Gasteiger partial charge in [0, 0.05) is 35.7 Å². The number of nitro groups is 1. The summed E-state index contributed by atoms with van der Waals surface area (Å²) in [6, 6.07) is 19.0. The molecule has 30 heavy (non-hydrogen) atoms. The topological polar surface area (TPSA) is 104 Å². The smallest absolute Gasteiger partial charge is 0.270 e. The molecule has 0 radical (unpaired) electrons. The molecule has 0 amide bonds. The monoisotopic (exact) mass is 417 g/mol. The van der Waals surface area contributed by atoms with Crippen molar-refractivity contribution in [2.45, 2.75) is 5.03 Å². The average Bonchev–Trinajstić information content (AvgIpc) is 3.33. The van der Waals surface area contributed by atoms with Crippen LogP contribution in [0.2, 0.25) is 0 Å². The fourth-order valence-corrected chi connectivity index (χ4v) is 3.48. The Morgan fingerprint density at radius 2 is 1.87 bits per heavy atom. The summed E-state index contributed by atoms with van der Waals surface area (Å²) in [6.07, 6.45) is 3.59. The van der Waals surface area contributed by atoms with E-state index >= 15 is 0 Å². The van der Waals surface area contributed by atoms with Crippen LogP contribution in [0.5, 0.6) is 0 Å². The zero-order chi connectivity index (χ0) is 20.9. The van der Waals surface area contributed by atoms with Crippen molar-refractivity contribution in [2.75, 3.05) is 5.75 Å². The molecule has 0 saturated carbocycles. The molecule has 9 heteroatoms. The number of ketones is 1. The molecule has 148 valence electrons. The summed E-state index contributed by atoms with van der Waals surface area (Å²) in [6.45, 7) is 0. The molecule has 0 unspecified atom stereocenters. The second-order valence-electron chi connectivity index (χ2n) is 6.27. The van der Waals surface area contributed by atoms with E-state index in [1.807, 2.05) is 42.6 Å². The lowest BCUT2D eigenvalue weighted by molar-refractivity contribution is -0.384. The highest BCUT2D eigenvalue weighted by atomic mass is 32.2. The lowest BCUT2D eigenvalue weighted by Gasteiger charge is -2.05. The lowest BCUT2D eigenvalue weighted by atomic mass is 10.1. The van der Waals surface area contributed by atoms with Crippen molar-refractivity contribution >= 4 is 23.2 Å². The van der Waals surface area contributed by atoms with Gasteiger partial charge < -0.3 is 0 Å². The number of carbonyl (C=O) groups is 1. The maximum absolute atomic E-state index is 12.3. The molecule has 8 nitrogen and oxygen atoms in total. The van der Waals surface area contributed by atoms with Crippen LogP contribution in [0.15, 0.2) is 84.1 Å². The molecule has 2 aromatic carbocycles. The van der Waals surface area contributed by atoms with E-state index in [2.05, 4.69) is 15.3 Å². The minimum atomic E-state index is -0.518. The first-order chi connectivity index (χ1) is 14.6. The quantitative estimate of drug-likeness (QED) is 0.192. The number of carbonyl (C=O) groups excluding carboxylic acids is 1. The molecule has 0 aliphatic carbocycles. The Labute approximate surface area is 175 Å². The van der Waals surface area contributed by atoms with Gasteiger partial charge in [-0.15, -0.1) is 10.2 Å². The standard InChI is InChI=1S/C21H15N5O3S/c27-20(16-3-1-4-18(13-16)26(28)29)14-30-21-10-9-19(23-24-21)15-5-7-17(8-6-15)25-12-2-11-22-25/h1-13H,14H2. The second kappa shape index (κ2) is 8.66. The van der Waals surface area contributed by atoms with Crippen LogP contribution in [0.4, 0.5) is 5.69 Å². The third kappa shape index (κ3) is 4.41. The molecule has 0 bridgehead atoms. The van der Waals surface area contributed by atoms with E-state index in [0.717, 1.165) is 16.9 Å². The van der Waals surface area contributed by atoms with Crippen LogP contribution < -0.4 is 0 Å². The maximum atomic E-state index is 12.3. The van der Waals surface area contributed by atoms with Gasteiger partial charge in [-0.25, -0.2) is 4.68 Å². The molecule has 0 N–H and O–H groups in total. The van der Waals surface area contributed by atoms with Gasteiger partial charge in [0.05, 0.1) is 22.1 Å². The van der Waals surface area contributed by atoms with Gasteiger partial charge in [0.25, 0.3) is 5.69 Å². The first kappa shape index (κ1) is 19.5. The van der Waals surface area contributed by atoms with E-state index in [1.54, 1.807) is 23.0 Å². The van der Waals surface area contributed by atoms with Crippen LogP contribution >= 0.6 is 11.8 Å². The molecule has 4 rings (SSSR count). The third-order valence-electron chi connectivity index (χ3n) is 4.30. The highest BCUT2D eigenvalue weighted by molar-refractivity contribution is 7.99. The number of nitrogens with zero attached hydrogens (tertiary/aromatic N) is 5. The van der Waals surface area contributed by atoms with Crippen LogP contribution in [0.3, 0.4) is 0 Å². The van der Waals surface area contributed by atoms with Crippen LogP contribution in [0, 0.1) is 10.1 Å². The van der Waals surface area contributed by atoms with Crippen molar-refractivity contribution in [1.82, 2.24) is 20.0 Å². The van der Waals surface area contributed by atoms with Crippen LogP contribution in [0.1, 0.15) is 10.4 Å². The van der Waals surface area contributed by atoms with E-state index in [-0.39, 0.29) is 17.2 Å². The highest BCUT2D eigenvalue weighted by Gasteiger charge is 2.12. The predicted molar refractivity (Wildman–Crippen MR) is 113 cm³/mol. The number of nitro benzene ring substituents is 1. The summed E-state index contributed by atoms with van der Waals surface area (Å²) < 4.78 is 1.77. The third-order valence-corrected chi connectivity index (χ3v) is 5.22. The van der Waals surface area contributed by atoms with Gasteiger partial charge in [0.1, 0.15) is 5.03 Å². The SMILES string of the molecule is O=C(CSc1ccc(-c2ccc(-n3cccn3)cc2)nn1)c1cccc([N+](=O)[O-])c1. The van der Waals surface area contributed by atoms with E-state index in [0.29, 0.717) is 10.6 Å². The van der Waals surface area contributed by atoms with Gasteiger partial charge in [-0.05, 0) is 30.3 Å². The summed E-state index contributed by atoms with van der Waals surface area (Å²) >= 11 is 1.24. The molecule has 0 aliphatic heterocycles.